The van der Waals surface area contributed by atoms with Gasteiger partial charge in [0.25, 0.3) is 0 Å². The molecule has 0 amide bonds. The number of carbonyl (C=O) groups is 3. The van der Waals surface area contributed by atoms with Crippen LogP contribution in [0.5, 0.6) is 0 Å². The SMILES string of the molecule is CCCCOC(=O)OCCOP(=O)(N=C(N)N(C)C(C(=O)O)C1CCCCC1)OCCOC(=O)OCCCC. The van der Waals surface area contributed by atoms with Gasteiger partial charge in [0.1, 0.15) is 19.3 Å². The number of hydrogen-bond acceptors (Lipinski definition) is 10. The van der Waals surface area contributed by atoms with E-state index in [4.69, 9.17) is 33.7 Å². The summed E-state index contributed by atoms with van der Waals surface area (Å²) < 4.78 is 47.3. The third-order valence-corrected chi connectivity index (χ3v) is 7.37. The van der Waals surface area contributed by atoms with Crippen molar-refractivity contribution in [3.8, 4) is 0 Å². The van der Waals surface area contributed by atoms with Crippen molar-refractivity contribution >= 4 is 32.0 Å². The molecule has 0 aliphatic heterocycles. The lowest BCUT2D eigenvalue weighted by Crippen LogP contribution is -2.50. The maximum atomic E-state index is 13.4. The van der Waals surface area contributed by atoms with Crippen LogP contribution in [0.4, 0.5) is 9.59 Å². The van der Waals surface area contributed by atoms with Crippen molar-refractivity contribution in [2.45, 2.75) is 77.7 Å². The van der Waals surface area contributed by atoms with E-state index in [1.54, 1.807) is 0 Å². The first kappa shape index (κ1) is 34.5. The molecule has 1 aliphatic carbocycles. The number of carboxylic acid groups (broad SMARTS) is 1. The highest BCUT2D eigenvalue weighted by Gasteiger charge is 2.35. The second kappa shape index (κ2) is 19.5. The molecule has 1 unspecified atom stereocenters. The Morgan fingerprint density at radius 3 is 1.77 bits per heavy atom. The molecule has 39 heavy (non-hydrogen) atoms. The van der Waals surface area contributed by atoms with Gasteiger partial charge in [0.05, 0.1) is 26.4 Å². The normalized spacial score (nSPS) is 15.3. The Morgan fingerprint density at radius 2 is 1.33 bits per heavy atom. The fourth-order valence-electron chi connectivity index (χ4n) is 3.81. The smallest absolute Gasteiger partial charge is 0.480 e. The molecule has 1 saturated carbocycles. The summed E-state index contributed by atoms with van der Waals surface area (Å²) in [5, 5.41) is 9.84. The van der Waals surface area contributed by atoms with Crippen LogP contribution in [-0.4, -0.2) is 87.0 Å². The minimum absolute atomic E-state index is 0.157. The molecule has 0 heterocycles. The fourth-order valence-corrected chi connectivity index (χ4v) is 5.00. The molecule has 14 nitrogen and oxygen atoms in total. The van der Waals surface area contributed by atoms with Gasteiger partial charge in [-0.05, 0) is 31.6 Å². The maximum absolute atomic E-state index is 13.4. The van der Waals surface area contributed by atoms with Gasteiger partial charge in [-0.3, -0.25) is 9.05 Å². The number of carbonyl (C=O) groups excluding carboxylic acids is 2. The summed E-state index contributed by atoms with van der Waals surface area (Å²) in [6.07, 6.45) is 5.53. The molecule has 0 aromatic carbocycles. The average molecular weight is 582 g/mol. The van der Waals surface area contributed by atoms with Gasteiger partial charge in [0.2, 0.25) is 5.96 Å². The van der Waals surface area contributed by atoms with Crippen molar-refractivity contribution in [2.75, 3.05) is 46.7 Å². The Bertz CT molecular complexity index is 787. The third kappa shape index (κ3) is 14.4. The van der Waals surface area contributed by atoms with Gasteiger partial charge in [-0.1, -0.05) is 46.0 Å². The molecule has 3 N–H and O–H groups in total. The van der Waals surface area contributed by atoms with Gasteiger partial charge in [-0.2, -0.15) is 0 Å². The number of nitrogens with zero attached hydrogens (tertiary/aromatic N) is 2. The summed E-state index contributed by atoms with van der Waals surface area (Å²) in [4.78, 5) is 36.5. The van der Waals surface area contributed by atoms with Crippen LogP contribution in [0.1, 0.15) is 71.6 Å². The van der Waals surface area contributed by atoms with Crippen molar-refractivity contribution in [1.82, 2.24) is 4.90 Å². The number of aliphatic carboxylic acids is 1. The first-order valence-electron chi connectivity index (χ1n) is 13.4. The van der Waals surface area contributed by atoms with Gasteiger partial charge in [-0.15, -0.1) is 4.76 Å². The molecule has 0 saturated heterocycles. The molecule has 1 atom stereocenters. The predicted octanol–water partition coefficient (Wildman–Crippen LogP) is 4.31. The van der Waals surface area contributed by atoms with Crippen molar-refractivity contribution in [2.24, 2.45) is 16.4 Å². The van der Waals surface area contributed by atoms with E-state index >= 15 is 0 Å². The lowest BCUT2D eigenvalue weighted by atomic mass is 9.83. The number of ether oxygens (including phenoxy) is 4. The highest BCUT2D eigenvalue weighted by molar-refractivity contribution is 7.52. The zero-order chi connectivity index (χ0) is 29.1. The van der Waals surface area contributed by atoms with E-state index in [1.165, 1.54) is 11.9 Å². The van der Waals surface area contributed by atoms with Crippen LogP contribution in [0.2, 0.25) is 0 Å². The predicted molar refractivity (Wildman–Crippen MR) is 141 cm³/mol. The molecule has 226 valence electrons. The third-order valence-electron chi connectivity index (χ3n) is 5.90. The van der Waals surface area contributed by atoms with Crippen LogP contribution < -0.4 is 5.73 Å². The number of guanidine groups is 1. The van der Waals surface area contributed by atoms with Gasteiger partial charge < -0.3 is 34.7 Å². The number of hydrogen-bond donors (Lipinski definition) is 2. The maximum Gasteiger partial charge on any atom is 0.508 e. The Hall–Kier alpha value is -2.57. The zero-order valence-corrected chi connectivity index (χ0v) is 24.1. The largest absolute Gasteiger partial charge is 0.508 e. The molecule has 1 fully saturated rings. The lowest BCUT2D eigenvalue weighted by Gasteiger charge is -2.34. The van der Waals surface area contributed by atoms with Gasteiger partial charge in [0, 0.05) is 7.05 Å². The fraction of sp³-hybridized carbons (Fsp3) is 0.833. The number of rotatable bonds is 18. The molecule has 15 heteroatoms. The second-order valence-electron chi connectivity index (χ2n) is 8.99. The monoisotopic (exact) mass is 581 g/mol. The summed E-state index contributed by atoms with van der Waals surface area (Å²) >= 11 is 0. The quantitative estimate of drug-likeness (QED) is 0.0767. The van der Waals surface area contributed by atoms with Crippen molar-refractivity contribution in [3.05, 3.63) is 0 Å². The topological polar surface area (TPSA) is 186 Å². The lowest BCUT2D eigenvalue weighted by molar-refractivity contribution is -0.143. The molecule has 0 radical (unpaired) electrons. The van der Waals surface area contributed by atoms with E-state index in [0.29, 0.717) is 12.8 Å². The first-order chi connectivity index (χ1) is 18.6. The summed E-state index contributed by atoms with van der Waals surface area (Å²) in [5.41, 5.74) is 6.06. The van der Waals surface area contributed by atoms with Crippen molar-refractivity contribution in [1.29, 1.82) is 0 Å². The summed E-state index contributed by atoms with van der Waals surface area (Å²) in [5.74, 6) is -1.60. The summed E-state index contributed by atoms with van der Waals surface area (Å²) in [7, 11) is -2.90. The molecule has 0 aromatic rings. The van der Waals surface area contributed by atoms with Crippen LogP contribution in [0.15, 0.2) is 4.76 Å². The van der Waals surface area contributed by atoms with Crippen LogP contribution in [0.25, 0.3) is 0 Å². The van der Waals surface area contributed by atoms with E-state index in [2.05, 4.69) is 4.76 Å². The van der Waals surface area contributed by atoms with E-state index in [9.17, 15) is 24.1 Å². The van der Waals surface area contributed by atoms with E-state index in [-0.39, 0.29) is 51.5 Å². The molecule has 1 rings (SSSR count). The Morgan fingerprint density at radius 1 is 0.872 bits per heavy atom. The zero-order valence-electron chi connectivity index (χ0n) is 23.2. The van der Waals surface area contributed by atoms with Crippen LogP contribution in [0.3, 0.4) is 0 Å². The second-order valence-corrected chi connectivity index (χ2v) is 10.6. The van der Waals surface area contributed by atoms with Gasteiger partial charge >= 0.3 is 26.0 Å². The van der Waals surface area contributed by atoms with E-state index in [0.717, 1.165) is 44.9 Å². The number of unbranched alkanes of at least 4 members (excludes halogenated alkanes) is 2. The Labute approximate surface area is 230 Å². The molecule has 0 aromatic heterocycles. The molecular weight excluding hydrogens is 537 g/mol. The first-order valence-corrected chi connectivity index (χ1v) is 14.9. The van der Waals surface area contributed by atoms with Crippen molar-refractivity contribution in [3.63, 3.8) is 0 Å². The number of carboxylic acids is 1. The Balaban J connectivity index is 2.83. The molecule has 0 bridgehead atoms. The highest BCUT2D eigenvalue weighted by Crippen LogP contribution is 2.50. The van der Waals surface area contributed by atoms with Crippen LogP contribution >= 0.6 is 7.75 Å². The average Bonchev–Trinajstić information content (AvgIpc) is 2.90. The summed E-state index contributed by atoms with van der Waals surface area (Å²) in [6, 6.07) is -0.982. The molecular formula is C24H44N3O11P. The van der Waals surface area contributed by atoms with Gasteiger partial charge in [-0.25, -0.2) is 18.9 Å². The van der Waals surface area contributed by atoms with E-state index in [1.807, 2.05) is 13.8 Å². The van der Waals surface area contributed by atoms with Crippen molar-refractivity contribution < 1.29 is 52.1 Å². The number of likely N-dealkylation sites (N-methyl/N-ethyl adjacent to an activating group) is 1. The van der Waals surface area contributed by atoms with Gasteiger partial charge in [0.15, 0.2) is 0 Å². The minimum Gasteiger partial charge on any atom is -0.480 e. The Kier molecular flexibility index (Phi) is 17.2. The minimum atomic E-state index is -4.35. The molecule has 0 spiro atoms. The summed E-state index contributed by atoms with van der Waals surface area (Å²) in [6.45, 7) is 2.90. The highest BCUT2D eigenvalue weighted by atomic mass is 31.2. The van der Waals surface area contributed by atoms with Crippen LogP contribution in [-0.2, 0) is 37.4 Å². The standard InChI is InChI=1S/C24H44N3O11P/c1-4-6-13-33-23(30)35-15-17-37-39(32,38-18-16-36-24(31)34-14-7-5-2)26-22(25)27(3)20(21(28)29)19-11-9-8-10-12-19/h19-20H,4-18H2,1-3H3,(H,28,29)(H2,25,26,32). The number of nitrogens with two attached hydrogens (primary N) is 1. The van der Waals surface area contributed by atoms with Crippen LogP contribution in [0, 0.1) is 5.92 Å². The van der Waals surface area contributed by atoms with E-state index < -0.39 is 32.1 Å². The molecule has 1 aliphatic rings.